The van der Waals surface area contributed by atoms with Crippen LogP contribution in [0.2, 0.25) is 0 Å². The number of rotatable bonds is 38. The molecular weight excluding hydrogens is 635 g/mol. The molecule has 0 radical (unpaired) electrons. The molecule has 0 fully saturated rings. The van der Waals surface area contributed by atoms with Crippen molar-refractivity contribution < 1.29 is 32.9 Å². The maximum atomic E-state index is 12.2. The van der Waals surface area contributed by atoms with Crippen LogP contribution in [0.5, 0.6) is 0 Å². The van der Waals surface area contributed by atoms with Crippen molar-refractivity contribution in [2.45, 2.75) is 212 Å². The van der Waals surface area contributed by atoms with Gasteiger partial charge in [0.15, 0.2) is 0 Å². The highest BCUT2D eigenvalue weighted by Gasteiger charge is 2.28. The van der Waals surface area contributed by atoms with E-state index in [1.807, 2.05) is 21.1 Å². The second kappa shape index (κ2) is 33.3. The van der Waals surface area contributed by atoms with E-state index < -0.39 is 20.0 Å². The molecule has 0 heterocycles. The van der Waals surface area contributed by atoms with Crippen LogP contribution >= 0.6 is 7.82 Å². The third-order valence-electron chi connectivity index (χ3n) is 9.64. The zero-order chi connectivity index (χ0) is 36.5. The molecule has 0 bridgehead atoms. The number of carbonyl (C=O) groups is 1. The monoisotopic (exact) mass is 720 g/mol. The molecule has 8 nitrogen and oxygen atoms in total. The van der Waals surface area contributed by atoms with Gasteiger partial charge in [-0.15, -0.1) is 0 Å². The number of nitrogens with one attached hydrogen (secondary N) is 1. The van der Waals surface area contributed by atoms with Crippen molar-refractivity contribution in [2.24, 2.45) is 0 Å². The largest absolute Gasteiger partial charge is 0.472 e. The zero-order valence-corrected chi connectivity index (χ0v) is 34.1. The van der Waals surface area contributed by atoms with Crippen molar-refractivity contribution in [1.29, 1.82) is 0 Å². The lowest BCUT2D eigenvalue weighted by Gasteiger charge is -2.26. The summed E-state index contributed by atoms with van der Waals surface area (Å²) in [7, 11) is 1.61. The van der Waals surface area contributed by atoms with Gasteiger partial charge in [-0.3, -0.25) is 13.8 Å². The molecule has 3 unspecified atom stereocenters. The SMILES string of the molecule is CCCCCCCCCCCCCCCCCCCCCCCCCCCCCCC(O)C(COP(=O)(O)OCC[N+](C)(C)C)NC(C)=O. The number of phosphoric ester groups is 1. The second-order valence-corrected chi connectivity index (χ2v) is 17.3. The van der Waals surface area contributed by atoms with Crippen LogP contribution in [0.4, 0.5) is 0 Å². The van der Waals surface area contributed by atoms with E-state index >= 15 is 0 Å². The summed E-state index contributed by atoms with van der Waals surface area (Å²) in [5.74, 6) is -0.318. The molecule has 1 amide bonds. The second-order valence-electron chi connectivity index (χ2n) is 15.8. The molecule has 3 N–H and O–H groups in total. The number of likely N-dealkylation sites (N-methyl/N-ethyl adjacent to an activating group) is 1. The Kier molecular flexibility index (Phi) is 33.0. The maximum Gasteiger partial charge on any atom is 0.472 e. The first-order chi connectivity index (χ1) is 23.5. The van der Waals surface area contributed by atoms with Crippen molar-refractivity contribution in [1.82, 2.24) is 5.32 Å². The van der Waals surface area contributed by atoms with E-state index in [0.717, 1.165) is 19.3 Å². The van der Waals surface area contributed by atoms with Gasteiger partial charge < -0.3 is 19.8 Å². The molecular formula is C40H84N2O6P+. The number of phosphoric acid groups is 1. The first-order valence-corrected chi connectivity index (χ1v) is 22.3. The first-order valence-electron chi connectivity index (χ1n) is 20.8. The molecule has 0 aliphatic rings. The van der Waals surface area contributed by atoms with Gasteiger partial charge in [-0.05, 0) is 6.42 Å². The molecule has 0 spiro atoms. The lowest BCUT2D eigenvalue weighted by Crippen LogP contribution is -2.45. The Morgan fingerprint density at radius 3 is 1.24 bits per heavy atom. The standard InChI is InChI=1S/C40H83N2O6P/c1-6-7-8-9-10-11-12-13-14-15-16-17-18-19-20-21-22-23-24-25-26-27-28-29-30-31-32-33-34-40(44)39(41-38(2)43)37-48-49(45,46)47-36-35-42(3,4)5/h39-40,44H,6-37H2,1-5H3,(H-,41,43,45,46)/p+1. The highest BCUT2D eigenvalue weighted by atomic mass is 31.2. The third kappa shape index (κ3) is 37.1. The molecule has 9 heteroatoms. The summed E-state index contributed by atoms with van der Waals surface area (Å²) in [6, 6.07) is -0.756. The number of hydrogen-bond donors (Lipinski definition) is 3. The van der Waals surface area contributed by atoms with E-state index in [2.05, 4.69) is 12.2 Å². The Morgan fingerprint density at radius 1 is 0.612 bits per heavy atom. The molecule has 0 saturated heterocycles. The lowest BCUT2D eigenvalue weighted by atomic mass is 10.0. The number of aliphatic hydroxyl groups is 1. The van der Waals surface area contributed by atoms with Gasteiger partial charge in [0.05, 0.1) is 39.9 Å². The van der Waals surface area contributed by atoms with Crippen molar-refractivity contribution in [3.8, 4) is 0 Å². The predicted molar refractivity (Wildman–Crippen MR) is 208 cm³/mol. The molecule has 0 aliphatic heterocycles. The maximum absolute atomic E-state index is 12.2. The van der Waals surface area contributed by atoms with Crippen LogP contribution in [0.25, 0.3) is 0 Å². The van der Waals surface area contributed by atoms with Crippen LogP contribution in [0.3, 0.4) is 0 Å². The Balaban J connectivity index is 3.56. The molecule has 0 saturated carbocycles. The minimum absolute atomic E-state index is 0.0737. The van der Waals surface area contributed by atoms with Crippen molar-refractivity contribution in [3.05, 3.63) is 0 Å². The number of quaternary nitrogens is 1. The zero-order valence-electron chi connectivity index (χ0n) is 33.2. The third-order valence-corrected chi connectivity index (χ3v) is 10.6. The fourth-order valence-corrected chi connectivity index (χ4v) is 7.11. The van der Waals surface area contributed by atoms with Crippen LogP contribution in [0.1, 0.15) is 200 Å². The Bertz CT molecular complexity index is 778. The molecule has 3 atom stereocenters. The van der Waals surface area contributed by atoms with Crippen molar-refractivity contribution in [2.75, 3.05) is 40.9 Å². The van der Waals surface area contributed by atoms with Crippen LogP contribution in [0.15, 0.2) is 0 Å². The van der Waals surface area contributed by atoms with E-state index in [9.17, 15) is 19.4 Å². The smallest absolute Gasteiger partial charge is 0.391 e. The summed E-state index contributed by atoms with van der Waals surface area (Å²) in [6.45, 7) is 3.99. The Labute approximate surface area is 304 Å². The van der Waals surface area contributed by atoms with Gasteiger partial charge in [0.25, 0.3) is 0 Å². The number of unbranched alkanes of at least 4 members (excludes halogenated alkanes) is 27. The van der Waals surface area contributed by atoms with E-state index in [0.29, 0.717) is 17.4 Å². The van der Waals surface area contributed by atoms with Gasteiger partial charge in [-0.2, -0.15) is 0 Å². The minimum Gasteiger partial charge on any atom is -0.391 e. The van der Waals surface area contributed by atoms with Gasteiger partial charge in [0.1, 0.15) is 13.2 Å². The van der Waals surface area contributed by atoms with Crippen LogP contribution in [-0.2, 0) is 18.4 Å². The number of nitrogens with zero attached hydrogens (tertiary/aromatic N) is 1. The first kappa shape index (κ1) is 48.5. The summed E-state index contributed by atoms with van der Waals surface area (Å²) in [5, 5.41) is 13.3. The fraction of sp³-hybridized carbons (Fsp3) is 0.975. The number of hydrogen-bond acceptors (Lipinski definition) is 5. The normalized spacial score (nSPS) is 14.5. The molecule has 0 aromatic carbocycles. The van der Waals surface area contributed by atoms with E-state index in [-0.39, 0.29) is 19.1 Å². The molecule has 0 aromatic heterocycles. The summed E-state index contributed by atoms with van der Waals surface area (Å²) in [4.78, 5) is 21.6. The summed E-state index contributed by atoms with van der Waals surface area (Å²) >= 11 is 0. The van der Waals surface area contributed by atoms with Gasteiger partial charge in [-0.25, -0.2) is 4.57 Å². The number of carbonyl (C=O) groups excluding carboxylic acids is 1. The average Bonchev–Trinajstić information content (AvgIpc) is 3.03. The van der Waals surface area contributed by atoms with E-state index in [1.54, 1.807) is 0 Å². The van der Waals surface area contributed by atoms with Gasteiger partial charge >= 0.3 is 7.82 Å². The van der Waals surface area contributed by atoms with Crippen molar-refractivity contribution >= 4 is 13.7 Å². The molecule has 49 heavy (non-hydrogen) atoms. The fourth-order valence-electron chi connectivity index (χ4n) is 6.38. The van der Waals surface area contributed by atoms with Gasteiger partial charge in [-0.1, -0.05) is 187 Å². The van der Waals surface area contributed by atoms with Gasteiger partial charge in [0, 0.05) is 6.92 Å². The molecule has 0 aliphatic carbocycles. The number of aliphatic hydroxyl groups excluding tert-OH is 1. The summed E-state index contributed by atoms with van der Waals surface area (Å²) < 4.78 is 22.9. The highest BCUT2D eigenvalue weighted by Crippen LogP contribution is 2.43. The molecule has 294 valence electrons. The quantitative estimate of drug-likeness (QED) is 0.0333. The van der Waals surface area contributed by atoms with Gasteiger partial charge in [0.2, 0.25) is 5.91 Å². The lowest BCUT2D eigenvalue weighted by molar-refractivity contribution is -0.870. The van der Waals surface area contributed by atoms with Crippen LogP contribution < -0.4 is 5.32 Å². The van der Waals surface area contributed by atoms with E-state index in [1.165, 1.54) is 167 Å². The molecule has 0 rings (SSSR count). The Hall–Kier alpha value is -0.500. The van der Waals surface area contributed by atoms with Crippen LogP contribution in [-0.4, -0.2) is 73.4 Å². The van der Waals surface area contributed by atoms with Crippen molar-refractivity contribution in [3.63, 3.8) is 0 Å². The molecule has 0 aromatic rings. The minimum atomic E-state index is -4.26. The van der Waals surface area contributed by atoms with E-state index in [4.69, 9.17) is 9.05 Å². The average molecular weight is 720 g/mol. The summed E-state index contributed by atoms with van der Waals surface area (Å²) in [6.07, 6.45) is 37.8. The number of amides is 1. The Morgan fingerprint density at radius 2 is 0.939 bits per heavy atom. The summed E-state index contributed by atoms with van der Waals surface area (Å²) in [5.41, 5.74) is 0. The topological polar surface area (TPSA) is 105 Å². The highest BCUT2D eigenvalue weighted by molar-refractivity contribution is 7.47. The van der Waals surface area contributed by atoms with Crippen LogP contribution in [0, 0.1) is 0 Å². The predicted octanol–water partition coefficient (Wildman–Crippen LogP) is 11.0.